The minimum atomic E-state index is 0.138. The van der Waals surface area contributed by atoms with Gasteiger partial charge in [0.05, 0.1) is 0 Å². The van der Waals surface area contributed by atoms with Crippen molar-refractivity contribution in [3.8, 4) is 0 Å². The maximum atomic E-state index is 6.15. The van der Waals surface area contributed by atoms with Gasteiger partial charge in [0, 0.05) is 25.8 Å². The smallest absolute Gasteiger partial charge is 0.0408 e. The molecular weight excluding hydrogens is 318 g/mol. The number of rotatable bonds is 4. The number of benzene rings is 1. The molecule has 90 valence electrons. The van der Waals surface area contributed by atoms with Crippen molar-refractivity contribution in [2.24, 2.45) is 5.73 Å². The van der Waals surface area contributed by atoms with E-state index in [-0.39, 0.29) is 6.04 Å². The fourth-order valence-electron chi connectivity index (χ4n) is 1.76. The topological polar surface area (TPSA) is 26.0 Å². The third-order valence-electron chi connectivity index (χ3n) is 2.47. The van der Waals surface area contributed by atoms with E-state index in [0.717, 1.165) is 22.3 Å². The second-order valence-corrected chi connectivity index (χ2v) is 6.38. The molecule has 0 fully saturated rings. The molecule has 0 bridgehead atoms. The molecule has 0 spiro atoms. The summed E-state index contributed by atoms with van der Waals surface area (Å²) in [5, 5.41) is 2.86. The molecule has 4 heteroatoms. The first-order valence-electron chi connectivity index (χ1n) is 5.36. The molecule has 0 saturated carbocycles. The summed E-state index contributed by atoms with van der Waals surface area (Å²) in [6.45, 7) is 0. The Hall–Kier alpha value is -0.350. The van der Waals surface area contributed by atoms with Crippen molar-refractivity contribution in [3.05, 3.63) is 55.6 Å². The predicted molar refractivity (Wildman–Crippen MR) is 78.9 cm³/mol. The van der Waals surface area contributed by atoms with Gasteiger partial charge >= 0.3 is 0 Å². The van der Waals surface area contributed by atoms with Crippen LogP contribution in [0.15, 0.2) is 40.2 Å². The van der Waals surface area contributed by atoms with Crippen molar-refractivity contribution in [2.75, 3.05) is 0 Å². The zero-order valence-corrected chi connectivity index (χ0v) is 12.4. The highest BCUT2D eigenvalue weighted by atomic mass is 79.9. The third-order valence-corrected chi connectivity index (χ3v) is 4.43. The number of nitrogens with two attached hydrogens (primary N) is 1. The first-order chi connectivity index (χ1) is 8.13. The van der Waals surface area contributed by atoms with Crippen LogP contribution >= 0.6 is 38.9 Å². The van der Waals surface area contributed by atoms with E-state index >= 15 is 0 Å². The van der Waals surface area contributed by atoms with Crippen LogP contribution in [0, 0.1) is 0 Å². The van der Waals surface area contributed by atoms with Gasteiger partial charge in [0.2, 0.25) is 0 Å². The average Bonchev–Trinajstić information content (AvgIpc) is 2.63. The van der Waals surface area contributed by atoms with Crippen LogP contribution in [0.5, 0.6) is 0 Å². The molecule has 0 aliphatic rings. The van der Waals surface area contributed by atoms with Crippen molar-refractivity contribution in [2.45, 2.75) is 18.9 Å². The summed E-state index contributed by atoms with van der Waals surface area (Å²) in [6, 6.07) is 10.2. The largest absolute Gasteiger partial charge is 0.327 e. The summed E-state index contributed by atoms with van der Waals surface area (Å²) < 4.78 is 1.13. The van der Waals surface area contributed by atoms with Crippen LogP contribution in [0.25, 0.3) is 0 Å². The van der Waals surface area contributed by atoms with E-state index < -0.39 is 0 Å². The Morgan fingerprint density at radius 3 is 2.76 bits per heavy atom. The Labute approximate surface area is 119 Å². The highest BCUT2D eigenvalue weighted by molar-refractivity contribution is 9.10. The van der Waals surface area contributed by atoms with Gasteiger partial charge < -0.3 is 5.73 Å². The summed E-state index contributed by atoms with van der Waals surface area (Å²) in [6.07, 6.45) is 1.76. The van der Waals surface area contributed by atoms with Crippen LogP contribution in [0.2, 0.25) is 5.02 Å². The highest BCUT2D eigenvalue weighted by Crippen LogP contribution is 2.21. The van der Waals surface area contributed by atoms with E-state index in [1.54, 1.807) is 11.3 Å². The van der Waals surface area contributed by atoms with Gasteiger partial charge in [-0.1, -0.05) is 23.7 Å². The summed E-state index contributed by atoms with van der Waals surface area (Å²) >= 11 is 11.1. The first-order valence-corrected chi connectivity index (χ1v) is 7.41. The summed E-state index contributed by atoms with van der Waals surface area (Å²) in [4.78, 5) is 1.31. The second kappa shape index (κ2) is 6.01. The van der Waals surface area contributed by atoms with Crippen molar-refractivity contribution >= 4 is 38.9 Å². The summed E-state index contributed by atoms with van der Waals surface area (Å²) in [5.74, 6) is 0. The molecule has 2 N–H and O–H groups in total. The van der Waals surface area contributed by atoms with E-state index in [9.17, 15) is 0 Å². The van der Waals surface area contributed by atoms with Crippen LogP contribution in [-0.2, 0) is 12.8 Å². The van der Waals surface area contributed by atoms with Crippen molar-refractivity contribution in [1.82, 2.24) is 0 Å². The van der Waals surface area contributed by atoms with Crippen LogP contribution in [0.3, 0.4) is 0 Å². The minimum absolute atomic E-state index is 0.138. The van der Waals surface area contributed by atoms with Crippen molar-refractivity contribution in [3.63, 3.8) is 0 Å². The van der Waals surface area contributed by atoms with Crippen LogP contribution < -0.4 is 5.73 Å². The molecule has 0 aliphatic heterocycles. The predicted octanol–water partition coefficient (Wildman–Crippen LogP) is 4.28. The second-order valence-electron chi connectivity index (χ2n) is 4.03. The quantitative estimate of drug-likeness (QED) is 0.890. The third kappa shape index (κ3) is 4.11. The van der Waals surface area contributed by atoms with Gasteiger partial charge in [-0.15, -0.1) is 11.3 Å². The van der Waals surface area contributed by atoms with E-state index in [4.69, 9.17) is 17.3 Å². The Morgan fingerprint density at radius 2 is 2.12 bits per heavy atom. The zero-order valence-electron chi connectivity index (χ0n) is 9.20. The Bertz CT molecular complexity index is 498. The Kier molecular flexibility index (Phi) is 4.62. The molecule has 2 aromatic rings. The maximum absolute atomic E-state index is 6.15. The van der Waals surface area contributed by atoms with Crippen LogP contribution in [0.4, 0.5) is 0 Å². The normalized spacial score (nSPS) is 12.6. The lowest BCUT2D eigenvalue weighted by molar-refractivity contribution is 0.671. The summed E-state index contributed by atoms with van der Waals surface area (Å²) in [5.41, 5.74) is 7.34. The van der Waals surface area contributed by atoms with Gasteiger partial charge in [0.1, 0.15) is 0 Å². The number of hydrogen-bond donors (Lipinski definition) is 1. The molecule has 0 aliphatic carbocycles. The minimum Gasteiger partial charge on any atom is -0.327 e. The molecule has 1 unspecified atom stereocenters. The van der Waals surface area contributed by atoms with Crippen molar-refractivity contribution < 1.29 is 0 Å². The SMILES string of the molecule is NC(Cc1cccc(Cl)c1)Cc1cc(Br)cs1. The van der Waals surface area contributed by atoms with Gasteiger partial charge in [0.15, 0.2) is 0 Å². The molecule has 1 atom stereocenters. The van der Waals surface area contributed by atoms with Crippen molar-refractivity contribution in [1.29, 1.82) is 0 Å². The molecule has 1 nitrogen and oxygen atoms in total. The molecule has 0 radical (unpaired) electrons. The molecule has 17 heavy (non-hydrogen) atoms. The molecule has 1 heterocycles. The molecule has 0 amide bonds. The Balaban J connectivity index is 1.95. The number of hydrogen-bond acceptors (Lipinski definition) is 2. The van der Waals surface area contributed by atoms with Gasteiger partial charge in [-0.05, 0) is 52.5 Å². The number of thiophene rings is 1. The lowest BCUT2D eigenvalue weighted by Gasteiger charge is -2.10. The summed E-state index contributed by atoms with van der Waals surface area (Å²) in [7, 11) is 0. The zero-order chi connectivity index (χ0) is 12.3. The van der Waals surface area contributed by atoms with Crippen LogP contribution in [-0.4, -0.2) is 6.04 Å². The maximum Gasteiger partial charge on any atom is 0.0408 e. The van der Waals surface area contributed by atoms with E-state index in [1.807, 2.05) is 18.2 Å². The van der Waals surface area contributed by atoms with Gasteiger partial charge in [-0.2, -0.15) is 0 Å². The molecule has 2 rings (SSSR count). The molecule has 1 aromatic carbocycles. The molecule has 1 aromatic heterocycles. The monoisotopic (exact) mass is 329 g/mol. The van der Waals surface area contributed by atoms with Gasteiger partial charge in [-0.25, -0.2) is 0 Å². The lowest BCUT2D eigenvalue weighted by atomic mass is 10.0. The Morgan fingerprint density at radius 1 is 1.29 bits per heavy atom. The number of halogens is 2. The fourth-order valence-corrected chi connectivity index (χ4v) is 3.52. The van der Waals surface area contributed by atoms with E-state index in [0.29, 0.717) is 0 Å². The fraction of sp³-hybridized carbons (Fsp3) is 0.231. The van der Waals surface area contributed by atoms with Gasteiger partial charge in [-0.3, -0.25) is 0 Å². The molecular formula is C13H13BrClNS. The average molecular weight is 331 g/mol. The van der Waals surface area contributed by atoms with Gasteiger partial charge in [0.25, 0.3) is 0 Å². The lowest BCUT2D eigenvalue weighted by Crippen LogP contribution is -2.25. The van der Waals surface area contributed by atoms with E-state index in [1.165, 1.54) is 10.4 Å². The first kappa shape index (κ1) is 13.1. The standard InChI is InChI=1S/C13H13BrClNS/c14-10-6-13(17-8-10)7-12(16)5-9-2-1-3-11(15)4-9/h1-4,6,8,12H,5,7,16H2. The van der Waals surface area contributed by atoms with E-state index in [2.05, 4.69) is 33.4 Å². The molecule has 0 saturated heterocycles. The van der Waals surface area contributed by atoms with Crippen LogP contribution in [0.1, 0.15) is 10.4 Å². The highest BCUT2D eigenvalue weighted by Gasteiger charge is 2.07.